The molecular formula is C20H20BBrF4N4O2. The Morgan fingerprint density at radius 3 is 1.56 bits per heavy atom. The molecule has 2 aromatic rings. The van der Waals surface area contributed by atoms with Crippen LogP contribution in [0.2, 0.25) is 0 Å². The van der Waals surface area contributed by atoms with Crippen LogP contribution in [-0.4, -0.2) is 65.2 Å². The first-order valence-corrected chi connectivity index (χ1v) is 11.1. The lowest BCUT2D eigenvalue weighted by atomic mass is 9.82. The van der Waals surface area contributed by atoms with Crippen molar-refractivity contribution in [2.45, 2.75) is 11.8 Å². The molecule has 0 aromatic carbocycles. The number of alkyl halides is 4. The SMILES string of the molecule is FC1(F)C2CN(c3ccc(Br)cn3)CC21.OB(O)c1ccc(N2CC3C(C2)C3(F)F)nc1. The monoisotopic (exact) mass is 514 g/mol. The van der Waals surface area contributed by atoms with Crippen LogP contribution in [0.5, 0.6) is 0 Å². The zero-order chi connectivity index (χ0) is 22.8. The summed E-state index contributed by atoms with van der Waals surface area (Å²) in [6.07, 6.45) is 3.04. The highest BCUT2D eigenvalue weighted by Gasteiger charge is 2.72. The van der Waals surface area contributed by atoms with E-state index in [4.69, 9.17) is 10.0 Å². The Morgan fingerprint density at radius 1 is 0.781 bits per heavy atom. The first-order valence-electron chi connectivity index (χ1n) is 10.3. The van der Waals surface area contributed by atoms with Crippen LogP contribution < -0.4 is 15.3 Å². The van der Waals surface area contributed by atoms with Crippen LogP contribution in [0.4, 0.5) is 29.2 Å². The van der Waals surface area contributed by atoms with Crippen molar-refractivity contribution in [3.63, 3.8) is 0 Å². The zero-order valence-electron chi connectivity index (χ0n) is 16.8. The third-order valence-corrected chi connectivity index (χ3v) is 7.30. The molecule has 0 radical (unpaired) electrons. The number of rotatable bonds is 3. The highest BCUT2D eigenvalue weighted by Crippen LogP contribution is 2.60. The molecule has 2 aliphatic heterocycles. The van der Waals surface area contributed by atoms with E-state index in [1.807, 2.05) is 17.0 Å². The largest absolute Gasteiger partial charge is 0.490 e. The van der Waals surface area contributed by atoms with Crippen LogP contribution in [-0.2, 0) is 0 Å². The van der Waals surface area contributed by atoms with E-state index in [1.54, 1.807) is 17.2 Å². The fourth-order valence-electron chi connectivity index (χ4n) is 4.68. The summed E-state index contributed by atoms with van der Waals surface area (Å²) in [6, 6.07) is 6.89. The van der Waals surface area contributed by atoms with E-state index in [0.29, 0.717) is 37.5 Å². The summed E-state index contributed by atoms with van der Waals surface area (Å²) in [5.41, 5.74) is 0.295. The molecule has 6 rings (SSSR count). The van der Waals surface area contributed by atoms with Gasteiger partial charge in [-0.2, -0.15) is 0 Å². The molecule has 2 aliphatic carbocycles. The Hall–Kier alpha value is -1.92. The fraction of sp³-hybridized carbons (Fsp3) is 0.500. The van der Waals surface area contributed by atoms with E-state index in [0.717, 1.165) is 10.3 Å². The van der Waals surface area contributed by atoms with Crippen LogP contribution in [0.15, 0.2) is 41.1 Å². The van der Waals surface area contributed by atoms with Gasteiger partial charge in [-0.15, -0.1) is 0 Å². The number of fused-ring (bicyclic) bond motifs is 2. The molecule has 4 aliphatic rings. The van der Waals surface area contributed by atoms with Gasteiger partial charge in [0.1, 0.15) is 11.6 Å². The second-order valence-electron chi connectivity index (χ2n) is 8.74. The van der Waals surface area contributed by atoms with Gasteiger partial charge >= 0.3 is 7.12 Å². The average Bonchev–Trinajstić information content (AvgIpc) is 3.26. The van der Waals surface area contributed by atoms with Gasteiger partial charge in [0.05, 0.1) is 23.7 Å². The molecular weight excluding hydrogens is 495 g/mol. The lowest BCUT2D eigenvalue weighted by Crippen LogP contribution is -2.32. The van der Waals surface area contributed by atoms with E-state index < -0.39 is 42.6 Å². The van der Waals surface area contributed by atoms with Gasteiger partial charge in [0.2, 0.25) is 0 Å². The standard InChI is InChI=1S/C10H11BF2N2O2.C10H9BrF2N2/c12-10(13)7-4-15(5-8(7)10)9-2-1-6(3-14-9)11(16)17;11-6-1-2-9(14-3-6)15-4-7-8(5-15)10(7,12)13/h1-3,7-8,16-17H,4-5H2;1-3,7-8H,4-5H2. The molecule has 0 amide bonds. The van der Waals surface area contributed by atoms with Crippen LogP contribution in [0.1, 0.15) is 0 Å². The summed E-state index contributed by atoms with van der Waals surface area (Å²) < 4.78 is 52.8. The predicted molar refractivity (Wildman–Crippen MR) is 114 cm³/mol. The van der Waals surface area contributed by atoms with Crippen LogP contribution in [0.3, 0.4) is 0 Å². The van der Waals surface area contributed by atoms with Gasteiger partial charge in [-0.05, 0) is 34.1 Å². The molecule has 4 unspecified atom stereocenters. The molecule has 6 nitrogen and oxygen atoms in total. The molecule has 4 fully saturated rings. The van der Waals surface area contributed by atoms with Crippen LogP contribution in [0, 0.1) is 23.7 Å². The van der Waals surface area contributed by atoms with E-state index in [1.165, 1.54) is 12.3 Å². The van der Waals surface area contributed by atoms with Crippen molar-refractivity contribution >= 4 is 40.1 Å². The molecule has 2 saturated carbocycles. The number of nitrogens with zero attached hydrogens (tertiary/aromatic N) is 4. The molecule has 4 atom stereocenters. The van der Waals surface area contributed by atoms with Gasteiger partial charge in [-0.3, -0.25) is 0 Å². The Labute approximate surface area is 190 Å². The first kappa shape index (κ1) is 21.9. The van der Waals surface area contributed by atoms with Gasteiger partial charge in [0.25, 0.3) is 11.8 Å². The summed E-state index contributed by atoms with van der Waals surface area (Å²) in [6.45, 7) is 1.52. The Balaban J connectivity index is 0.000000136. The summed E-state index contributed by atoms with van der Waals surface area (Å²) in [5.74, 6) is -5.45. The van der Waals surface area contributed by atoms with Gasteiger partial charge in [0.15, 0.2) is 0 Å². The molecule has 2 saturated heterocycles. The molecule has 0 bridgehead atoms. The number of halogens is 5. The first-order chi connectivity index (χ1) is 15.1. The van der Waals surface area contributed by atoms with Crippen molar-refractivity contribution in [1.29, 1.82) is 0 Å². The topological polar surface area (TPSA) is 72.7 Å². The Bertz CT molecular complexity index is 970. The Morgan fingerprint density at radius 2 is 1.22 bits per heavy atom. The van der Waals surface area contributed by atoms with Crippen molar-refractivity contribution in [3.8, 4) is 0 Å². The van der Waals surface area contributed by atoms with Crippen LogP contribution >= 0.6 is 15.9 Å². The fourth-order valence-corrected chi connectivity index (χ4v) is 4.92. The molecule has 2 aromatic heterocycles. The second kappa shape index (κ2) is 7.56. The second-order valence-corrected chi connectivity index (χ2v) is 9.66. The molecule has 2 N–H and O–H groups in total. The maximum Gasteiger partial charge on any atom is 0.490 e. The molecule has 0 spiro atoms. The molecule has 12 heteroatoms. The molecule has 4 heterocycles. The van der Waals surface area contributed by atoms with Crippen molar-refractivity contribution in [3.05, 3.63) is 41.1 Å². The molecule has 32 heavy (non-hydrogen) atoms. The highest BCUT2D eigenvalue weighted by molar-refractivity contribution is 9.10. The minimum absolute atomic E-state index is 0.295. The van der Waals surface area contributed by atoms with E-state index in [2.05, 4.69) is 25.9 Å². The lowest BCUT2D eigenvalue weighted by Gasteiger charge is -2.20. The van der Waals surface area contributed by atoms with Gasteiger partial charge in [-0.25, -0.2) is 27.5 Å². The summed E-state index contributed by atoms with van der Waals surface area (Å²) >= 11 is 3.29. The third-order valence-electron chi connectivity index (χ3n) is 6.83. The summed E-state index contributed by atoms with van der Waals surface area (Å²) in [5, 5.41) is 17.8. The number of hydrogen-bond donors (Lipinski definition) is 2. The zero-order valence-corrected chi connectivity index (χ0v) is 18.3. The summed E-state index contributed by atoms with van der Waals surface area (Å²) in [7, 11) is -1.55. The minimum atomic E-state index is -2.49. The number of anilines is 2. The smallest absolute Gasteiger partial charge is 0.423 e. The average molecular weight is 515 g/mol. The van der Waals surface area contributed by atoms with Crippen molar-refractivity contribution in [1.82, 2.24) is 9.97 Å². The third kappa shape index (κ3) is 3.75. The van der Waals surface area contributed by atoms with E-state index in [-0.39, 0.29) is 0 Å². The van der Waals surface area contributed by atoms with Crippen LogP contribution in [0.25, 0.3) is 0 Å². The minimum Gasteiger partial charge on any atom is -0.423 e. The van der Waals surface area contributed by atoms with Gasteiger partial charge in [-0.1, -0.05) is 6.07 Å². The summed E-state index contributed by atoms with van der Waals surface area (Å²) in [4.78, 5) is 12.0. The van der Waals surface area contributed by atoms with E-state index in [9.17, 15) is 17.6 Å². The van der Waals surface area contributed by atoms with Gasteiger partial charge < -0.3 is 19.8 Å². The number of hydrogen-bond acceptors (Lipinski definition) is 6. The lowest BCUT2D eigenvalue weighted by molar-refractivity contribution is 0.0791. The van der Waals surface area contributed by atoms with Gasteiger partial charge in [0, 0.05) is 48.5 Å². The number of piperidine rings is 2. The maximum atomic E-state index is 13.0. The quantitative estimate of drug-likeness (QED) is 0.482. The van der Waals surface area contributed by atoms with Crippen molar-refractivity contribution < 1.29 is 27.6 Å². The predicted octanol–water partition coefficient (Wildman–Crippen LogP) is 2.01. The Kier molecular flexibility index (Phi) is 5.18. The number of pyridine rings is 2. The van der Waals surface area contributed by atoms with Crippen molar-refractivity contribution in [2.24, 2.45) is 23.7 Å². The maximum absolute atomic E-state index is 13.0. The molecule has 170 valence electrons. The van der Waals surface area contributed by atoms with E-state index >= 15 is 0 Å². The highest BCUT2D eigenvalue weighted by atomic mass is 79.9. The number of aromatic nitrogens is 2. The normalized spacial score (nSPS) is 30.2. The van der Waals surface area contributed by atoms with Crippen molar-refractivity contribution in [2.75, 3.05) is 36.0 Å².